The van der Waals surface area contributed by atoms with Gasteiger partial charge in [-0.25, -0.2) is 0 Å². The van der Waals surface area contributed by atoms with Crippen molar-refractivity contribution in [2.45, 2.75) is 65.9 Å². The van der Waals surface area contributed by atoms with Crippen molar-refractivity contribution in [3.63, 3.8) is 0 Å². The van der Waals surface area contributed by atoms with Crippen molar-refractivity contribution in [1.29, 1.82) is 0 Å². The summed E-state index contributed by atoms with van der Waals surface area (Å²) in [7, 11) is 0. The molecule has 0 N–H and O–H groups in total. The molecule has 0 radical (unpaired) electrons. The van der Waals surface area contributed by atoms with Crippen molar-refractivity contribution in [1.82, 2.24) is 0 Å². The fourth-order valence-electron chi connectivity index (χ4n) is 4.99. The highest BCUT2D eigenvalue weighted by molar-refractivity contribution is 6.03. The Labute approximate surface area is 187 Å². The van der Waals surface area contributed by atoms with Crippen molar-refractivity contribution >= 4 is 11.8 Å². The van der Waals surface area contributed by atoms with Crippen LogP contribution in [0.3, 0.4) is 0 Å². The number of benzene rings is 2. The van der Waals surface area contributed by atoms with E-state index in [4.69, 9.17) is 4.74 Å². The molecule has 0 aliphatic heterocycles. The van der Waals surface area contributed by atoms with Crippen LogP contribution >= 0.6 is 0 Å². The minimum absolute atomic E-state index is 0.124. The van der Waals surface area contributed by atoms with Gasteiger partial charge in [-0.05, 0) is 61.5 Å². The molecule has 31 heavy (non-hydrogen) atoms. The molecule has 0 spiro atoms. The van der Waals surface area contributed by atoms with Crippen LogP contribution < -0.4 is 0 Å². The van der Waals surface area contributed by atoms with E-state index in [1.54, 1.807) is 0 Å². The van der Waals surface area contributed by atoms with Gasteiger partial charge < -0.3 is 4.74 Å². The second kappa shape index (κ2) is 10.3. The summed E-state index contributed by atoms with van der Waals surface area (Å²) in [5.41, 5.74) is 0.733. The quantitative estimate of drug-likeness (QED) is 0.386. The van der Waals surface area contributed by atoms with E-state index in [9.17, 15) is 9.59 Å². The van der Waals surface area contributed by atoms with Crippen LogP contribution in [0.25, 0.3) is 0 Å². The van der Waals surface area contributed by atoms with Gasteiger partial charge in [-0.15, -0.1) is 0 Å². The molecule has 0 saturated heterocycles. The third-order valence-electron chi connectivity index (χ3n) is 6.98. The minimum Gasteiger partial charge on any atom is -0.461 e. The number of Topliss-reactive ketones (excluding diaryl/α,β-unsaturated/α-hetero) is 1. The van der Waals surface area contributed by atoms with Gasteiger partial charge in [0.15, 0.2) is 0 Å². The number of hydrogen-bond donors (Lipinski definition) is 0. The van der Waals surface area contributed by atoms with Gasteiger partial charge in [0.2, 0.25) is 0 Å². The van der Waals surface area contributed by atoms with Gasteiger partial charge >= 0.3 is 5.97 Å². The van der Waals surface area contributed by atoms with Gasteiger partial charge in [0.25, 0.3) is 0 Å². The lowest BCUT2D eigenvalue weighted by Gasteiger charge is -2.39. The molecule has 0 heterocycles. The summed E-state index contributed by atoms with van der Waals surface area (Å²) in [6.07, 6.45) is 3.70. The molecule has 3 atom stereocenters. The summed E-state index contributed by atoms with van der Waals surface area (Å²) in [6, 6.07) is 19.6. The van der Waals surface area contributed by atoms with E-state index in [0.717, 1.165) is 24.0 Å². The van der Waals surface area contributed by atoms with Crippen LogP contribution in [0.5, 0.6) is 0 Å². The Morgan fingerprint density at radius 2 is 1.45 bits per heavy atom. The molecule has 2 aromatic carbocycles. The van der Waals surface area contributed by atoms with Crippen molar-refractivity contribution in [2.24, 2.45) is 23.2 Å². The van der Waals surface area contributed by atoms with Crippen molar-refractivity contribution < 1.29 is 14.3 Å². The average molecular weight is 421 g/mol. The standard InChI is InChI=1S/C28H36O3/c1-20(2)25-16-15-21(3)17-26(25)31-27(30)28(22(4)29,18-23-11-7-5-8-12-23)19-24-13-9-6-10-14-24/h5-14,20-21,25-26H,15-19H2,1-4H3/t21-,25-,26+/m0/s1. The van der Waals surface area contributed by atoms with Crippen LogP contribution in [-0.4, -0.2) is 17.9 Å². The maximum absolute atomic E-state index is 13.8. The first-order chi connectivity index (χ1) is 14.8. The van der Waals surface area contributed by atoms with E-state index in [-0.39, 0.29) is 17.9 Å². The molecular formula is C28H36O3. The molecule has 3 nitrogen and oxygen atoms in total. The topological polar surface area (TPSA) is 43.4 Å². The number of carbonyl (C=O) groups excluding carboxylic acids is 2. The number of carbonyl (C=O) groups is 2. The number of rotatable bonds is 8. The molecule has 1 aliphatic rings. The summed E-state index contributed by atoms with van der Waals surface area (Å²) in [6.45, 7) is 8.17. The summed E-state index contributed by atoms with van der Waals surface area (Å²) in [5, 5.41) is 0. The fourth-order valence-corrected chi connectivity index (χ4v) is 4.99. The first kappa shape index (κ1) is 23.2. The monoisotopic (exact) mass is 420 g/mol. The summed E-state index contributed by atoms with van der Waals surface area (Å²) in [4.78, 5) is 27.0. The summed E-state index contributed by atoms with van der Waals surface area (Å²) >= 11 is 0. The van der Waals surface area contributed by atoms with E-state index in [2.05, 4.69) is 20.8 Å². The maximum atomic E-state index is 13.8. The first-order valence-electron chi connectivity index (χ1n) is 11.6. The van der Waals surface area contributed by atoms with Gasteiger partial charge in [0.05, 0.1) is 0 Å². The first-order valence-corrected chi connectivity index (χ1v) is 11.6. The molecule has 0 unspecified atom stereocenters. The predicted octanol–water partition coefficient (Wildman–Crippen LogP) is 6.05. The largest absolute Gasteiger partial charge is 0.461 e. The Balaban J connectivity index is 1.95. The second-order valence-corrected chi connectivity index (χ2v) is 9.73. The average Bonchev–Trinajstić information content (AvgIpc) is 2.74. The van der Waals surface area contributed by atoms with Crippen LogP contribution in [0.15, 0.2) is 60.7 Å². The molecule has 166 valence electrons. The van der Waals surface area contributed by atoms with Crippen LogP contribution in [-0.2, 0) is 27.2 Å². The second-order valence-electron chi connectivity index (χ2n) is 9.73. The smallest absolute Gasteiger partial charge is 0.320 e. The van der Waals surface area contributed by atoms with E-state index >= 15 is 0 Å². The molecule has 2 aromatic rings. The zero-order valence-corrected chi connectivity index (χ0v) is 19.3. The van der Waals surface area contributed by atoms with Crippen LogP contribution in [0.2, 0.25) is 0 Å². The Hall–Kier alpha value is -2.42. The maximum Gasteiger partial charge on any atom is 0.320 e. The van der Waals surface area contributed by atoms with E-state index < -0.39 is 5.41 Å². The number of esters is 1. The minimum atomic E-state index is -1.22. The van der Waals surface area contributed by atoms with Crippen molar-refractivity contribution in [3.05, 3.63) is 71.8 Å². The molecule has 1 aliphatic carbocycles. The van der Waals surface area contributed by atoms with Gasteiger partial charge in [0.1, 0.15) is 17.3 Å². The Bertz CT molecular complexity index is 815. The summed E-state index contributed by atoms with van der Waals surface area (Å²) in [5.74, 6) is 0.828. The lowest BCUT2D eigenvalue weighted by Crippen LogP contribution is -2.47. The zero-order valence-electron chi connectivity index (χ0n) is 19.3. The Morgan fingerprint density at radius 1 is 0.935 bits per heavy atom. The van der Waals surface area contributed by atoms with Gasteiger partial charge in [-0.3, -0.25) is 9.59 Å². The zero-order chi connectivity index (χ0) is 22.4. The van der Waals surface area contributed by atoms with Crippen LogP contribution in [0.1, 0.15) is 58.1 Å². The predicted molar refractivity (Wildman–Crippen MR) is 125 cm³/mol. The third kappa shape index (κ3) is 5.64. The molecule has 3 heteroatoms. The normalized spacial score (nSPS) is 21.6. The van der Waals surface area contributed by atoms with Crippen molar-refractivity contribution in [2.75, 3.05) is 0 Å². The van der Waals surface area contributed by atoms with Crippen LogP contribution in [0.4, 0.5) is 0 Å². The Kier molecular flexibility index (Phi) is 7.69. The van der Waals surface area contributed by atoms with Gasteiger partial charge in [-0.1, -0.05) is 87.9 Å². The molecule has 0 aromatic heterocycles. The SMILES string of the molecule is CC(=O)C(Cc1ccccc1)(Cc1ccccc1)C(=O)O[C@@H]1C[C@@H](C)CC[C@H]1C(C)C. The molecule has 1 saturated carbocycles. The number of ketones is 1. The van der Waals surface area contributed by atoms with Crippen LogP contribution in [0, 0.1) is 23.2 Å². The highest BCUT2D eigenvalue weighted by Crippen LogP contribution is 2.38. The molecule has 0 bridgehead atoms. The number of ether oxygens (including phenoxy) is 1. The molecule has 0 amide bonds. The number of hydrogen-bond acceptors (Lipinski definition) is 3. The van der Waals surface area contributed by atoms with Crippen molar-refractivity contribution in [3.8, 4) is 0 Å². The van der Waals surface area contributed by atoms with Gasteiger partial charge in [0, 0.05) is 0 Å². The lowest BCUT2D eigenvalue weighted by molar-refractivity contribution is -0.171. The fraction of sp³-hybridized carbons (Fsp3) is 0.500. The third-order valence-corrected chi connectivity index (χ3v) is 6.98. The summed E-state index contributed by atoms with van der Waals surface area (Å²) < 4.78 is 6.25. The van der Waals surface area contributed by atoms with E-state index in [0.29, 0.717) is 30.6 Å². The lowest BCUT2D eigenvalue weighted by atomic mass is 9.72. The van der Waals surface area contributed by atoms with E-state index in [1.165, 1.54) is 13.3 Å². The molecule has 3 rings (SSSR count). The molecule has 1 fully saturated rings. The highest BCUT2D eigenvalue weighted by Gasteiger charge is 2.47. The highest BCUT2D eigenvalue weighted by atomic mass is 16.5. The van der Waals surface area contributed by atoms with E-state index in [1.807, 2.05) is 60.7 Å². The molecular weight excluding hydrogens is 384 g/mol. The Morgan fingerprint density at radius 3 is 1.90 bits per heavy atom. The van der Waals surface area contributed by atoms with Gasteiger partial charge in [-0.2, -0.15) is 0 Å².